The minimum Gasteiger partial charge on any atom is -0.435 e. The summed E-state index contributed by atoms with van der Waals surface area (Å²) in [6.45, 7) is -1.49. The molecule has 0 unspecified atom stereocenters. The molecule has 0 radical (unpaired) electrons. The van der Waals surface area contributed by atoms with Gasteiger partial charge in [-0.1, -0.05) is 12.1 Å². The van der Waals surface area contributed by atoms with Crippen LogP contribution >= 0.6 is 0 Å². The first-order chi connectivity index (χ1) is 9.56. The third-order valence-electron chi connectivity index (χ3n) is 3.30. The standard InChI is InChI=1S/C14H18F2N2O2/c1-18(13(19)12-3-2-8-17-12)9-10-4-6-11(7-5-10)20-14(15)16/h4-7,12,14,17H,2-3,8-9H2,1H3/t12-/m1/s1. The number of hydrogen-bond acceptors (Lipinski definition) is 3. The predicted molar refractivity (Wildman–Crippen MR) is 70.6 cm³/mol. The van der Waals surface area contributed by atoms with Crippen LogP contribution in [0.25, 0.3) is 0 Å². The van der Waals surface area contributed by atoms with E-state index in [0.29, 0.717) is 6.54 Å². The summed E-state index contributed by atoms with van der Waals surface area (Å²) >= 11 is 0. The number of amides is 1. The Hall–Kier alpha value is -1.69. The molecule has 1 fully saturated rings. The molecule has 1 aliphatic rings. The first kappa shape index (κ1) is 14.7. The Bertz CT molecular complexity index is 445. The van der Waals surface area contributed by atoms with E-state index in [9.17, 15) is 13.6 Å². The maximum Gasteiger partial charge on any atom is 0.387 e. The second kappa shape index (κ2) is 6.65. The fourth-order valence-electron chi connectivity index (χ4n) is 2.29. The number of halogens is 2. The summed E-state index contributed by atoms with van der Waals surface area (Å²) in [5, 5.41) is 3.16. The Morgan fingerprint density at radius 2 is 2.15 bits per heavy atom. The SMILES string of the molecule is CN(Cc1ccc(OC(F)F)cc1)C(=O)[C@H]1CCCN1. The maximum atomic E-state index is 12.1. The Kier molecular flexibility index (Phi) is 4.89. The Labute approximate surface area is 116 Å². The van der Waals surface area contributed by atoms with Crippen molar-refractivity contribution in [2.24, 2.45) is 0 Å². The van der Waals surface area contributed by atoms with Crippen molar-refractivity contribution in [3.05, 3.63) is 29.8 Å². The number of benzene rings is 1. The van der Waals surface area contributed by atoms with Crippen LogP contribution in [-0.2, 0) is 11.3 Å². The van der Waals surface area contributed by atoms with E-state index >= 15 is 0 Å². The van der Waals surface area contributed by atoms with Gasteiger partial charge in [0.2, 0.25) is 5.91 Å². The lowest BCUT2D eigenvalue weighted by Gasteiger charge is -2.21. The summed E-state index contributed by atoms with van der Waals surface area (Å²) in [7, 11) is 1.74. The lowest BCUT2D eigenvalue weighted by Crippen LogP contribution is -2.41. The van der Waals surface area contributed by atoms with Crippen LogP contribution < -0.4 is 10.1 Å². The molecule has 1 amide bonds. The molecule has 0 aliphatic carbocycles. The second-order valence-corrected chi connectivity index (χ2v) is 4.87. The van der Waals surface area contributed by atoms with Crippen molar-refractivity contribution in [1.29, 1.82) is 0 Å². The van der Waals surface area contributed by atoms with Gasteiger partial charge in [0.1, 0.15) is 5.75 Å². The molecule has 0 bridgehead atoms. The average molecular weight is 284 g/mol. The topological polar surface area (TPSA) is 41.6 Å². The van der Waals surface area contributed by atoms with E-state index in [2.05, 4.69) is 10.1 Å². The lowest BCUT2D eigenvalue weighted by molar-refractivity contribution is -0.132. The predicted octanol–water partition coefficient (Wildman–Crippen LogP) is 2.00. The van der Waals surface area contributed by atoms with Crippen molar-refractivity contribution in [3.63, 3.8) is 0 Å². The zero-order valence-corrected chi connectivity index (χ0v) is 11.3. The van der Waals surface area contributed by atoms with E-state index in [0.717, 1.165) is 24.9 Å². The second-order valence-electron chi connectivity index (χ2n) is 4.87. The van der Waals surface area contributed by atoms with E-state index in [1.165, 1.54) is 12.1 Å². The average Bonchev–Trinajstić information content (AvgIpc) is 2.93. The van der Waals surface area contributed by atoms with E-state index < -0.39 is 6.61 Å². The summed E-state index contributed by atoms with van der Waals surface area (Å²) in [6.07, 6.45) is 1.88. The minimum absolute atomic E-state index is 0.0652. The van der Waals surface area contributed by atoms with Crippen LogP contribution in [-0.4, -0.2) is 37.1 Å². The van der Waals surface area contributed by atoms with Crippen LogP contribution in [0.2, 0.25) is 0 Å². The molecule has 1 N–H and O–H groups in total. The Morgan fingerprint density at radius 1 is 1.45 bits per heavy atom. The maximum absolute atomic E-state index is 12.1. The minimum atomic E-state index is -2.82. The molecule has 110 valence electrons. The zero-order chi connectivity index (χ0) is 14.5. The fraction of sp³-hybridized carbons (Fsp3) is 0.500. The summed E-state index contributed by atoms with van der Waals surface area (Å²) < 4.78 is 28.3. The zero-order valence-electron chi connectivity index (χ0n) is 11.3. The number of rotatable bonds is 5. The largest absolute Gasteiger partial charge is 0.435 e. The van der Waals surface area contributed by atoms with E-state index in [4.69, 9.17) is 0 Å². The van der Waals surface area contributed by atoms with Crippen molar-refractivity contribution >= 4 is 5.91 Å². The van der Waals surface area contributed by atoms with Crippen molar-refractivity contribution in [2.75, 3.05) is 13.6 Å². The number of carbonyl (C=O) groups is 1. The number of carbonyl (C=O) groups excluding carboxylic acids is 1. The quantitative estimate of drug-likeness (QED) is 0.899. The van der Waals surface area contributed by atoms with Crippen molar-refractivity contribution in [3.8, 4) is 5.75 Å². The van der Waals surface area contributed by atoms with Gasteiger partial charge in [0, 0.05) is 13.6 Å². The summed E-state index contributed by atoms with van der Waals surface area (Å²) in [6, 6.07) is 6.23. The lowest BCUT2D eigenvalue weighted by atomic mass is 10.1. The molecule has 0 saturated carbocycles. The third kappa shape index (κ3) is 3.90. The highest BCUT2D eigenvalue weighted by Gasteiger charge is 2.24. The summed E-state index contributed by atoms with van der Waals surface area (Å²) in [4.78, 5) is 13.7. The van der Waals surface area contributed by atoms with Gasteiger partial charge in [-0.3, -0.25) is 4.79 Å². The normalized spacial score (nSPS) is 18.3. The highest BCUT2D eigenvalue weighted by atomic mass is 19.3. The first-order valence-corrected chi connectivity index (χ1v) is 6.58. The third-order valence-corrected chi connectivity index (χ3v) is 3.30. The van der Waals surface area contributed by atoms with Gasteiger partial charge in [0.15, 0.2) is 0 Å². The van der Waals surface area contributed by atoms with Crippen LogP contribution in [0, 0.1) is 0 Å². The van der Waals surface area contributed by atoms with Crippen LogP contribution in [0.15, 0.2) is 24.3 Å². The van der Waals surface area contributed by atoms with Crippen LogP contribution in [0.1, 0.15) is 18.4 Å². The highest BCUT2D eigenvalue weighted by molar-refractivity contribution is 5.81. The Balaban J connectivity index is 1.90. The molecule has 1 aromatic rings. The van der Waals surface area contributed by atoms with E-state index in [-0.39, 0.29) is 17.7 Å². The molecule has 4 nitrogen and oxygen atoms in total. The molecule has 1 atom stereocenters. The number of nitrogens with one attached hydrogen (secondary N) is 1. The van der Waals surface area contributed by atoms with Gasteiger partial charge in [-0.05, 0) is 37.1 Å². The van der Waals surface area contributed by atoms with Crippen LogP contribution in [0.4, 0.5) is 8.78 Å². The fourth-order valence-corrected chi connectivity index (χ4v) is 2.29. The summed E-state index contributed by atoms with van der Waals surface area (Å²) in [5.41, 5.74) is 0.875. The van der Waals surface area contributed by atoms with Crippen molar-refractivity contribution in [2.45, 2.75) is 32.0 Å². The van der Waals surface area contributed by atoms with E-state index in [1.54, 1.807) is 24.1 Å². The van der Waals surface area contributed by atoms with Gasteiger partial charge in [-0.2, -0.15) is 8.78 Å². The van der Waals surface area contributed by atoms with Crippen molar-refractivity contribution < 1.29 is 18.3 Å². The van der Waals surface area contributed by atoms with Gasteiger partial charge >= 0.3 is 6.61 Å². The number of alkyl halides is 2. The molecule has 1 heterocycles. The highest BCUT2D eigenvalue weighted by Crippen LogP contribution is 2.16. The van der Waals surface area contributed by atoms with Gasteiger partial charge in [-0.25, -0.2) is 0 Å². The molecule has 0 aromatic heterocycles. The molecule has 0 spiro atoms. The molecule has 2 rings (SSSR count). The number of nitrogens with zero attached hydrogens (tertiary/aromatic N) is 1. The van der Waals surface area contributed by atoms with Gasteiger partial charge in [-0.15, -0.1) is 0 Å². The molecule has 6 heteroatoms. The summed E-state index contributed by atoms with van der Waals surface area (Å²) in [5.74, 6) is 0.186. The van der Waals surface area contributed by atoms with Gasteiger partial charge < -0.3 is 15.0 Å². The van der Waals surface area contributed by atoms with Gasteiger partial charge in [0.25, 0.3) is 0 Å². The molecule has 1 aliphatic heterocycles. The molecule has 1 saturated heterocycles. The number of likely N-dealkylation sites (N-methyl/N-ethyl adjacent to an activating group) is 1. The molecule has 1 aromatic carbocycles. The Morgan fingerprint density at radius 3 is 2.70 bits per heavy atom. The molecule has 20 heavy (non-hydrogen) atoms. The first-order valence-electron chi connectivity index (χ1n) is 6.58. The molecular formula is C14H18F2N2O2. The van der Waals surface area contributed by atoms with Gasteiger partial charge in [0.05, 0.1) is 6.04 Å². The van der Waals surface area contributed by atoms with Crippen molar-refractivity contribution in [1.82, 2.24) is 10.2 Å². The number of ether oxygens (including phenoxy) is 1. The molecular weight excluding hydrogens is 266 g/mol. The monoisotopic (exact) mass is 284 g/mol. The van der Waals surface area contributed by atoms with Crippen LogP contribution in [0.3, 0.4) is 0 Å². The van der Waals surface area contributed by atoms with E-state index in [1.807, 2.05) is 0 Å². The van der Waals surface area contributed by atoms with Crippen LogP contribution in [0.5, 0.6) is 5.75 Å². The smallest absolute Gasteiger partial charge is 0.387 e. The number of hydrogen-bond donors (Lipinski definition) is 1.